The molecule has 2 amide bonds. The molecule has 0 aliphatic heterocycles. The van der Waals surface area contributed by atoms with E-state index in [0.717, 1.165) is 12.1 Å². The van der Waals surface area contributed by atoms with E-state index in [-0.39, 0.29) is 11.5 Å². The van der Waals surface area contributed by atoms with Crippen LogP contribution in [0.15, 0.2) is 43.2 Å². The standard InChI is InChI=1S/C13H9F2N7O/c14-8-1-2-10(9(15)3-8)20-13(23)21-11-4-12(18-6-17-11)22-7-16-5-19-22/h1-7H,(H2,17,18,20,21,23). The van der Waals surface area contributed by atoms with Gasteiger partial charge in [0.25, 0.3) is 0 Å². The molecule has 1 aromatic carbocycles. The quantitative estimate of drug-likeness (QED) is 0.770. The Kier molecular flexibility index (Phi) is 3.87. The fourth-order valence-electron chi connectivity index (χ4n) is 1.73. The second-order valence-corrected chi connectivity index (χ2v) is 4.30. The normalized spacial score (nSPS) is 10.3. The fourth-order valence-corrected chi connectivity index (χ4v) is 1.73. The Morgan fingerprint density at radius 3 is 2.70 bits per heavy atom. The van der Waals surface area contributed by atoms with E-state index in [9.17, 15) is 13.6 Å². The van der Waals surface area contributed by atoms with Gasteiger partial charge in [0.2, 0.25) is 0 Å². The summed E-state index contributed by atoms with van der Waals surface area (Å²) in [6.07, 6.45) is 3.99. The van der Waals surface area contributed by atoms with Crippen LogP contribution in [0.25, 0.3) is 5.82 Å². The molecule has 2 heterocycles. The van der Waals surface area contributed by atoms with Gasteiger partial charge in [-0.2, -0.15) is 5.10 Å². The lowest BCUT2D eigenvalue weighted by Crippen LogP contribution is -2.21. The zero-order valence-electron chi connectivity index (χ0n) is 11.4. The largest absolute Gasteiger partial charge is 0.324 e. The first kappa shape index (κ1) is 14.5. The first-order valence-electron chi connectivity index (χ1n) is 6.32. The smallest absolute Gasteiger partial charge is 0.305 e. The molecule has 3 aromatic rings. The Hall–Kier alpha value is -3.43. The molecule has 0 unspecified atom stereocenters. The highest BCUT2D eigenvalue weighted by molar-refractivity contribution is 5.99. The van der Waals surface area contributed by atoms with E-state index in [1.165, 1.54) is 29.7 Å². The number of nitrogens with one attached hydrogen (secondary N) is 2. The summed E-state index contributed by atoms with van der Waals surface area (Å²) in [6.45, 7) is 0. The van der Waals surface area contributed by atoms with Crippen LogP contribution < -0.4 is 10.6 Å². The van der Waals surface area contributed by atoms with Crippen molar-refractivity contribution in [3.63, 3.8) is 0 Å². The van der Waals surface area contributed by atoms with Crippen molar-refractivity contribution in [1.29, 1.82) is 0 Å². The van der Waals surface area contributed by atoms with Crippen molar-refractivity contribution in [3.05, 3.63) is 54.9 Å². The highest BCUT2D eigenvalue weighted by atomic mass is 19.1. The van der Waals surface area contributed by atoms with Crippen molar-refractivity contribution in [2.24, 2.45) is 0 Å². The third kappa shape index (κ3) is 3.43. The van der Waals surface area contributed by atoms with Crippen molar-refractivity contribution in [2.45, 2.75) is 0 Å². The zero-order chi connectivity index (χ0) is 16.2. The Balaban J connectivity index is 1.72. The molecule has 3 rings (SSSR count). The average molecular weight is 317 g/mol. The number of carbonyl (C=O) groups is 1. The highest BCUT2D eigenvalue weighted by Crippen LogP contribution is 2.15. The van der Waals surface area contributed by atoms with E-state index in [4.69, 9.17) is 0 Å². The molecule has 0 aliphatic carbocycles. The van der Waals surface area contributed by atoms with Gasteiger partial charge < -0.3 is 5.32 Å². The zero-order valence-corrected chi connectivity index (χ0v) is 11.4. The number of hydrogen-bond acceptors (Lipinski definition) is 5. The number of nitrogens with zero attached hydrogens (tertiary/aromatic N) is 5. The number of aromatic nitrogens is 5. The van der Waals surface area contributed by atoms with Crippen LogP contribution >= 0.6 is 0 Å². The molecule has 10 heteroatoms. The number of hydrogen-bond donors (Lipinski definition) is 2. The first-order chi connectivity index (χ1) is 11.1. The van der Waals surface area contributed by atoms with E-state index >= 15 is 0 Å². The summed E-state index contributed by atoms with van der Waals surface area (Å²) in [5, 5.41) is 8.56. The number of urea groups is 1. The van der Waals surface area contributed by atoms with Crippen LogP contribution in [0.5, 0.6) is 0 Å². The van der Waals surface area contributed by atoms with Gasteiger partial charge >= 0.3 is 6.03 Å². The van der Waals surface area contributed by atoms with Crippen molar-refractivity contribution >= 4 is 17.5 Å². The Morgan fingerprint density at radius 1 is 1.09 bits per heavy atom. The minimum Gasteiger partial charge on any atom is -0.305 e. The van der Waals surface area contributed by atoms with E-state index in [0.29, 0.717) is 11.9 Å². The van der Waals surface area contributed by atoms with Crippen LogP contribution in [-0.4, -0.2) is 30.8 Å². The van der Waals surface area contributed by atoms with E-state index in [1.807, 2.05) is 0 Å². The highest BCUT2D eigenvalue weighted by Gasteiger charge is 2.09. The summed E-state index contributed by atoms with van der Waals surface area (Å²) < 4.78 is 27.7. The third-order valence-corrected chi connectivity index (χ3v) is 2.73. The Morgan fingerprint density at radius 2 is 1.96 bits per heavy atom. The lowest BCUT2D eigenvalue weighted by molar-refractivity contribution is 0.262. The lowest BCUT2D eigenvalue weighted by Gasteiger charge is -2.08. The molecule has 2 N–H and O–H groups in total. The number of rotatable bonds is 3. The molecule has 23 heavy (non-hydrogen) atoms. The topological polar surface area (TPSA) is 97.6 Å². The molecule has 2 aromatic heterocycles. The molecule has 0 bridgehead atoms. The van der Waals surface area contributed by atoms with Gasteiger partial charge in [-0.05, 0) is 12.1 Å². The maximum absolute atomic E-state index is 13.5. The maximum Gasteiger partial charge on any atom is 0.324 e. The summed E-state index contributed by atoms with van der Waals surface area (Å²) in [5.74, 6) is -1.06. The second kappa shape index (κ2) is 6.13. The molecule has 0 atom stereocenters. The number of anilines is 2. The molecule has 0 aliphatic rings. The third-order valence-electron chi connectivity index (χ3n) is 2.73. The number of amides is 2. The summed E-state index contributed by atoms with van der Waals surface area (Å²) in [4.78, 5) is 23.5. The minimum atomic E-state index is -0.883. The monoisotopic (exact) mass is 317 g/mol. The fraction of sp³-hybridized carbons (Fsp3) is 0. The molecule has 0 saturated heterocycles. The van der Waals surface area contributed by atoms with Gasteiger partial charge in [-0.15, -0.1) is 0 Å². The van der Waals surface area contributed by atoms with Crippen molar-refractivity contribution in [2.75, 3.05) is 10.6 Å². The van der Waals surface area contributed by atoms with Crippen molar-refractivity contribution in [3.8, 4) is 5.82 Å². The number of benzene rings is 1. The number of halogens is 2. The molecule has 8 nitrogen and oxygen atoms in total. The molecule has 0 radical (unpaired) electrons. The first-order valence-corrected chi connectivity index (χ1v) is 6.32. The summed E-state index contributed by atoms with van der Waals surface area (Å²) >= 11 is 0. The van der Waals surface area contributed by atoms with Crippen molar-refractivity contribution in [1.82, 2.24) is 24.7 Å². The Labute approximate surface area is 128 Å². The molecule has 116 valence electrons. The summed E-state index contributed by atoms with van der Waals surface area (Å²) in [5.41, 5.74) is -0.158. The van der Waals surface area contributed by atoms with E-state index < -0.39 is 17.7 Å². The van der Waals surface area contributed by atoms with Gasteiger partial charge in [-0.3, -0.25) is 5.32 Å². The van der Waals surface area contributed by atoms with Gasteiger partial charge in [0.15, 0.2) is 5.82 Å². The molecular weight excluding hydrogens is 308 g/mol. The number of carbonyl (C=O) groups excluding carboxylic acids is 1. The van der Waals surface area contributed by atoms with Crippen LogP contribution in [0.2, 0.25) is 0 Å². The molecule has 0 saturated carbocycles. The van der Waals surface area contributed by atoms with Gasteiger partial charge in [-0.25, -0.2) is 33.2 Å². The summed E-state index contributed by atoms with van der Waals surface area (Å²) in [7, 11) is 0. The van der Waals surface area contributed by atoms with Crippen LogP contribution in [0.4, 0.5) is 25.1 Å². The maximum atomic E-state index is 13.5. The van der Waals surface area contributed by atoms with Gasteiger partial charge in [-0.1, -0.05) is 0 Å². The van der Waals surface area contributed by atoms with Crippen LogP contribution in [0.3, 0.4) is 0 Å². The van der Waals surface area contributed by atoms with E-state index in [2.05, 4.69) is 30.7 Å². The lowest BCUT2D eigenvalue weighted by atomic mass is 10.3. The predicted octanol–water partition coefficient (Wildman–Crippen LogP) is 1.98. The molecule has 0 spiro atoms. The van der Waals surface area contributed by atoms with E-state index in [1.54, 1.807) is 0 Å². The second-order valence-electron chi connectivity index (χ2n) is 4.30. The van der Waals surface area contributed by atoms with Crippen LogP contribution in [0.1, 0.15) is 0 Å². The van der Waals surface area contributed by atoms with Crippen LogP contribution in [0, 0.1) is 11.6 Å². The molecule has 0 fully saturated rings. The van der Waals surface area contributed by atoms with Gasteiger partial charge in [0, 0.05) is 12.1 Å². The van der Waals surface area contributed by atoms with Gasteiger partial charge in [0.05, 0.1) is 5.69 Å². The average Bonchev–Trinajstić information content (AvgIpc) is 3.05. The summed E-state index contributed by atoms with van der Waals surface area (Å²) in [6, 6.07) is 3.54. The molecular formula is C13H9F2N7O. The van der Waals surface area contributed by atoms with Crippen LogP contribution in [-0.2, 0) is 0 Å². The SMILES string of the molecule is O=C(Nc1cc(-n2cncn2)ncn1)Nc1ccc(F)cc1F. The predicted molar refractivity (Wildman–Crippen MR) is 75.9 cm³/mol. The Bertz CT molecular complexity index is 838. The van der Waals surface area contributed by atoms with Gasteiger partial charge in [0.1, 0.15) is 36.4 Å². The minimum absolute atomic E-state index is 0.158. The van der Waals surface area contributed by atoms with Crippen molar-refractivity contribution < 1.29 is 13.6 Å².